The third-order valence-corrected chi connectivity index (χ3v) is 7.85. The van der Waals surface area contributed by atoms with Crippen LogP contribution in [0, 0.1) is 0 Å². The predicted octanol–water partition coefficient (Wildman–Crippen LogP) is -10.1. The fourth-order valence-electron chi connectivity index (χ4n) is 5.14. The maximum atomic E-state index is 10.8. The highest BCUT2D eigenvalue weighted by molar-refractivity contribution is 4.97. The van der Waals surface area contributed by atoms with Crippen LogP contribution in [0.2, 0.25) is 0 Å². The molecule has 0 aromatic rings. The van der Waals surface area contributed by atoms with E-state index in [0.29, 0.717) is 0 Å². The Hall–Kier alpha value is -0.840. The molecule has 0 aliphatic carbocycles. The fourth-order valence-corrected chi connectivity index (χ4v) is 5.14. The molecule has 0 aromatic carbocycles. The van der Waals surface area contributed by atoms with Gasteiger partial charge in [0.1, 0.15) is 97.7 Å². The van der Waals surface area contributed by atoms with Gasteiger partial charge in [-0.25, -0.2) is 0 Å². The number of ether oxygens (including phenoxy) is 6. The van der Waals surface area contributed by atoms with Crippen LogP contribution in [0.3, 0.4) is 0 Å². The summed E-state index contributed by atoms with van der Waals surface area (Å²) in [6.45, 7) is -4.63. The van der Waals surface area contributed by atoms with Crippen molar-refractivity contribution in [2.45, 2.75) is 117 Å². The van der Waals surface area contributed by atoms with Crippen LogP contribution in [0.5, 0.6) is 0 Å². The van der Waals surface area contributed by atoms with E-state index in [2.05, 4.69) is 0 Å². The molecule has 0 radical (unpaired) electrons. The number of rotatable bonds is 14. The van der Waals surface area contributed by atoms with Crippen molar-refractivity contribution < 1.29 is 105 Å². The molecule has 15 N–H and O–H groups in total. The molecule has 0 amide bonds. The molecule has 3 heterocycles. The zero-order valence-electron chi connectivity index (χ0n) is 23.7. The molecule has 0 saturated carbocycles. The molecule has 19 atom stereocenters. The van der Waals surface area contributed by atoms with Gasteiger partial charge in [0.05, 0.1) is 33.0 Å². The van der Waals surface area contributed by atoms with Crippen molar-refractivity contribution in [1.82, 2.24) is 0 Å². The third-order valence-electron chi connectivity index (χ3n) is 7.85. The van der Waals surface area contributed by atoms with Crippen LogP contribution < -0.4 is 0 Å². The van der Waals surface area contributed by atoms with Crippen LogP contribution in [-0.2, 0) is 28.4 Å². The van der Waals surface area contributed by atoms with E-state index in [1.807, 2.05) is 0 Å². The second-order valence-electron chi connectivity index (χ2n) is 10.9. The van der Waals surface area contributed by atoms with Crippen LogP contribution >= 0.6 is 0 Å². The van der Waals surface area contributed by atoms with Crippen molar-refractivity contribution >= 4 is 0 Å². The molecule has 0 spiro atoms. The van der Waals surface area contributed by atoms with E-state index < -0.39 is 150 Å². The van der Waals surface area contributed by atoms with Crippen LogP contribution in [0.1, 0.15) is 0 Å². The largest absolute Gasteiger partial charge is 0.394 e. The zero-order valence-corrected chi connectivity index (χ0v) is 23.7. The summed E-state index contributed by atoms with van der Waals surface area (Å²) >= 11 is 0. The lowest BCUT2D eigenvalue weighted by Crippen LogP contribution is -2.67. The van der Waals surface area contributed by atoms with E-state index in [9.17, 15) is 71.5 Å². The smallest absolute Gasteiger partial charge is 0.187 e. The minimum atomic E-state index is -2.08. The average Bonchev–Trinajstić information content (AvgIpc) is 3.04. The highest BCUT2D eigenvalue weighted by Gasteiger charge is 2.54. The first-order chi connectivity index (χ1) is 21.2. The Kier molecular flexibility index (Phi) is 14.6. The number of aliphatic hydroxyl groups is 15. The topological polar surface area (TPSA) is 359 Å². The molecule has 0 bridgehead atoms. The molecule has 0 unspecified atom stereocenters. The first-order valence-electron chi connectivity index (χ1n) is 14.0. The summed E-state index contributed by atoms with van der Waals surface area (Å²) in [7, 11) is 0. The van der Waals surface area contributed by atoms with Crippen LogP contribution in [0.25, 0.3) is 0 Å². The van der Waals surface area contributed by atoms with E-state index in [0.717, 1.165) is 0 Å². The summed E-state index contributed by atoms with van der Waals surface area (Å²) in [5, 5.41) is 151. The second kappa shape index (κ2) is 17.0. The Morgan fingerprint density at radius 2 is 0.867 bits per heavy atom. The van der Waals surface area contributed by atoms with E-state index in [1.54, 1.807) is 0 Å². The lowest BCUT2D eigenvalue weighted by Gasteiger charge is -2.48. The van der Waals surface area contributed by atoms with Gasteiger partial charge in [0.2, 0.25) is 0 Å². The molecule has 45 heavy (non-hydrogen) atoms. The lowest BCUT2D eigenvalue weighted by molar-refractivity contribution is -0.383. The summed E-state index contributed by atoms with van der Waals surface area (Å²) in [5.41, 5.74) is 0. The van der Waals surface area contributed by atoms with Gasteiger partial charge in [-0.2, -0.15) is 0 Å². The number of hydrogen-bond acceptors (Lipinski definition) is 21. The number of aliphatic hydroxyl groups excluding tert-OH is 15. The highest BCUT2D eigenvalue weighted by Crippen LogP contribution is 2.33. The highest BCUT2D eigenvalue weighted by atomic mass is 16.8. The van der Waals surface area contributed by atoms with E-state index in [1.165, 1.54) is 0 Å². The van der Waals surface area contributed by atoms with Crippen molar-refractivity contribution in [3.05, 3.63) is 0 Å². The van der Waals surface area contributed by atoms with Gasteiger partial charge in [-0.3, -0.25) is 0 Å². The summed E-state index contributed by atoms with van der Waals surface area (Å²) in [6.07, 6.45) is -34.8. The van der Waals surface area contributed by atoms with Gasteiger partial charge in [0, 0.05) is 0 Å². The van der Waals surface area contributed by atoms with Gasteiger partial charge in [0.25, 0.3) is 0 Å². The van der Waals surface area contributed by atoms with E-state index in [-0.39, 0.29) is 0 Å². The monoisotopic (exact) mass is 668 g/mol. The van der Waals surface area contributed by atoms with E-state index in [4.69, 9.17) is 33.5 Å². The SMILES string of the molecule is OC[C@H](O)[C@H](O)[C@@H](O[C@H]1O[C@H](CO)[C@@H](O[C@H]2O[C@H](CO)[C@@H](O[C@H]3O[C@H](CO)[C@@H](O)[C@H](O)[C@H]3O)[C@H](O)[C@H]2O)[C@H](O)[C@H]1O)[C@@H](O)CO. The first-order valence-corrected chi connectivity index (χ1v) is 14.0. The van der Waals surface area contributed by atoms with Gasteiger partial charge in [-0.05, 0) is 0 Å². The quantitative estimate of drug-likeness (QED) is 0.0816. The third kappa shape index (κ3) is 8.43. The van der Waals surface area contributed by atoms with Crippen molar-refractivity contribution in [3.63, 3.8) is 0 Å². The normalized spacial score (nSPS) is 45.5. The van der Waals surface area contributed by atoms with Crippen molar-refractivity contribution in [3.8, 4) is 0 Å². The maximum Gasteiger partial charge on any atom is 0.187 e. The molecule has 21 heteroatoms. The Bertz CT molecular complexity index is 867. The minimum Gasteiger partial charge on any atom is -0.394 e. The lowest BCUT2D eigenvalue weighted by atomic mass is 9.96. The van der Waals surface area contributed by atoms with Gasteiger partial charge in [-0.15, -0.1) is 0 Å². The summed E-state index contributed by atoms with van der Waals surface area (Å²) in [6, 6.07) is 0. The Labute approximate surface area is 255 Å². The Morgan fingerprint density at radius 3 is 1.31 bits per heavy atom. The van der Waals surface area contributed by atoms with Gasteiger partial charge >= 0.3 is 0 Å². The van der Waals surface area contributed by atoms with Crippen LogP contribution in [0.4, 0.5) is 0 Å². The molecule has 3 rings (SSSR count). The summed E-state index contributed by atoms with van der Waals surface area (Å²) in [5.74, 6) is 0. The maximum absolute atomic E-state index is 10.8. The molecular weight excluding hydrogens is 624 g/mol. The zero-order chi connectivity index (χ0) is 33.7. The van der Waals surface area contributed by atoms with Gasteiger partial charge in [-0.1, -0.05) is 0 Å². The Morgan fingerprint density at radius 1 is 0.467 bits per heavy atom. The second-order valence-corrected chi connectivity index (χ2v) is 10.9. The molecule has 0 aromatic heterocycles. The molecule has 266 valence electrons. The molecule has 21 nitrogen and oxygen atoms in total. The average molecular weight is 669 g/mol. The molecular formula is C24H44O21. The van der Waals surface area contributed by atoms with Crippen molar-refractivity contribution in [2.75, 3.05) is 33.0 Å². The predicted molar refractivity (Wildman–Crippen MR) is 136 cm³/mol. The molecule has 3 aliphatic rings. The standard InChI is InChI=1S/C24H44O21/c25-1-6(30)11(32)19(7(31)2-26)43-23-17(38)14(35)21(9(4-28)41-23)45-24-18(39)15(36)20(10(5-29)42-24)44-22-16(37)13(34)12(33)8(3-27)40-22/h6-39H,1-5H2/t6-,7-,8+,9+,10+,11-,12+,13-,14+,15+,16+,17+,18+,19-,20+,21+,22+,23+,24+/m0/s1. The number of hydrogen-bond donors (Lipinski definition) is 15. The Balaban J connectivity index is 1.72. The molecule has 3 saturated heterocycles. The van der Waals surface area contributed by atoms with Crippen molar-refractivity contribution in [1.29, 1.82) is 0 Å². The minimum absolute atomic E-state index is 0.792. The van der Waals surface area contributed by atoms with Gasteiger partial charge < -0.3 is 105 Å². The molecule has 3 fully saturated rings. The van der Waals surface area contributed by atoms with Crippen LogP contribution in [0.15, 0.2) is 0 Å². The first kappa shape index (κ1) is 38.6. The summed E-state index contributed by atoms with van der Waals surface area (Å²) < 4.78 is 32.4. The van der Waals surface area contributed by atoms with E-state index >= 15 is 0 Å². The van der Waals surface area contributed by atoms with Crippen LogP contribution in [-0.4, -0.2) is 226 Å². The van der Waals surface area contributed by atoms with Gasteiger partial charge in [0.15, 0.2) is 18.9 Å². The van der Waals surface area contributed by atoms with Crippen molar-refractivity contribution in [2.24, 2.45) is 0 Å². The molecule has 3 aliphatic heterocycles. The summed E-state index contributed by atoms with van der Waals surface area (Å²) in [4.78, 5) is 0. The fraction of sp³-hybridized carbons (Fsp3) is 1.00.